The number of carboxylic acids is 1. The van der Waals surface area contributed by atoms with Crippen molar-refractivity contribution in [1.82, 2.24) is 0 Å². The van der Waals surface area contributed by atoms with E-state index in [4.69, 9.17) is 5.11 Å². The van der Waals surface area contributed by atoms with Crippen LogP contribution >= 0.6 is 0 Å². The van der Waals surface area contributed by atoms with Crippen molar-refractivity contribution in [2.75, 3.05) is 0 Å². The average molecular weight is 188 g/mol. The van der Waals surface area contributed by atoms with Crippen molar-refractivity contribution in [2.24, 2.45) is 0 Å². The van der Waals surface area contributed by atoms with E-state index in [2.05, 4.69) is 0 Å². The maximum Gasteiger partial charge on any atom is 0.310 e. The molecule has 0 saturated carbocycles. The third kappa shape index (κ3) is 25.1. The molecule has 0 spiro atoms. The fourth-order valence-electron chi connectivity index (χ4n) is 0.349. The van der Waals surface area contributed by atoms with Crippen molar-refractivity contribution in [3.05, 3.63) is 0 Å². The molecule has 0 aromatic rings. The number of aldehydes is 2. The van der Waals surface area contributed by atoms with Gasteiger partial charge in [0, 0.05) is 12.8 Å². The second-order valence-corrected chi connectivity index (χ2v) is 2.18. The van der Waals surface area contributed by atoms with E-state index in [9.17, 15) is 19.2 Å². The first-order chi connectivity index (χ1) is 6.04. The molecule has 5 nitrogen and oxygen atoms in total. The van der Waals surface area contributed by atoms with Gasteiger partial charge < -0.3 is 14.7 Å². The number of unbranched alkanes of at least 4 members (excludes halogenated alkanes) is 1. The zero-order chi connectivity index (χ0) is 10.7. The van der Waals surface area contributed by atoms with Crippen LogP contribution in [0.25, 0.3) is 0 Å². The van der Waals surface area contributed by atoms with Gasteiger partial charge in [0.05, 0.1) is 0 Å². The first kappa shape index (κ1) is 14.0. The quantitative estimate of drug-likeness (QED) is 0.378. The second-order valence-electron chi connectivity index (χ2n) is 2.18. The molecule has 0 saturated heterocycles. The molecule has 0 fully saturated rings. The highest BCUT2D eigenvalue weighted by atomic mass is 16.4. The minimum Gasteiger partial charge on any atom is -0.481 e. The molecule has 0 aliphatic rings. The van der Waals surface area contributed by atoms with Crippen molar-refractivity contribution in [2.45, 2.75) is 26.2 Å². The zero-order valence-corrected chi connectivity index (χ0v) is 7.36. The van der Waals surface area contributed by atoms with E-state index in [1.54, 1.807) is 0 Å². The molecule has 0 bridgehead atoms. The highest BCUT2D eigenvalue weighted by Crippen LogP contribution is 1.77. The summed E-state index contributed by atoms with van der Waals surface area (Å²) >= 11 is 0. The van der Waals surface area contributed by atoms with Gasteiger partial charge in [-0.1, -0.05) is 0 Å². The molecule has 0 atom stereocenters. The molecule has 0 radical (unpaired) electrons. The van der Waals surface area contributed by atoms with E-state index >= 15 is 0 Å². The number of carboxylic acid groups (broad SMARTS) is 1. The molecule has 13 heavy (non-hydrogen) atoms. The summed E-state index contributed by atoms with van der Waals surface area (Å²) in [7, 11) is 0. The largest absolute Gasteiger partial charge is 0.481 e. The van der Waals surface area contributed by atoms with Crippen molar-refractivity contribution in [3.8, 4) is 0 Å². The minimum absolute atomic E-state index is 0.312. The van der Waals surface area contributed by atoms with Gasteiger partial charge in [0.1, 0.15) is 24.8 Å². The molecule has 0 aliphatic carbocycles. The first-order valence-corrected chi connectivity index (χ1v) is 3.63. The average Bonchev–Trinajstić information content (AvgIpc) is 1.99. The molecule has 74 valence electrons. The van der Waals surface area contributed by atoms with Crippen LogP contribution < -0.4 is 0 Å². The van der Waals surface area contributed by atoms with Crippen LogP contribution in [-0.2, 0) is 19.2 Å². The van der Waals surface area contributed by atoms with E-state index in [1.807, 2.05) is 0 Å². The second kappa shape index (κ2) is 10.5. The maximum atomic E-state index is 9.87. The van der Waals surface area contributed by atoms with E-state index in [-0.39, 0.29) is 12.2 Å². The number of carbonyl (C=O) groups is 4. The Labute approximate surface area is 75.7 Å². The molecule has 0 unspecified atom stereocenters. The van der Waals surface area contributed by atoms with Crippen LogP contribution in [0.5, 0.6) is 0 Å². The van der Waals surface area contributed by atoms with Crippen LogP contribution in [0.3, 0.4) is 0 Å². The van der Waals surface area contributed by atoms with Gasteiger partial charge in [-0.25, -0.2) is 0 Å². The van der Waals surface area contributed by atoms with Gasteiger partial charge >= 0.3 is 5.97 Å². The highest BCUT2D eigenvalue weighted by Gasteiger charge is 1.98. The molecular formula is C8H12O5. The topological polar surface area (TPSA) is 88.5 Å². The Hall–Kier alpha value is -1.52. The smallest absolute Gasteiger partial charge is 0.310 e. The van der Waals surface area contributed by atoms with Crippen LogP contribution in [0, 0.1) is 0 Å². The predicted molar refractivity (Wildman–Crippen MR) is 44.3 cm³/mol. The fourth-order valence-corrected chi connectivity index (χ4v) is 0.349. The van der Waals surface area contributed by atoms with Gasteiger partial charge in [-0.2, -0.15) is 0 Å². The Bertz CT molecular complexity index is 165. The lowest BCUT2D eigenvalue weighted by Crippen LogP contribution is -2.00. The summed E-state index contributed by atoms with van der Waals surface area (Å²) in [6, 6.07) is 0. The van der Waals surface area contributed by atoms with Crippen LogP contribution in [0.15, 0.2) is 0 Å². The number of aliphatic carboxylic acids is 1. The van der Waals surface area contributed by atoms with Crippen LogP contribution in [-0.4, -0.2) is 29.4 Å². The predicted octanol–water partition coefficient (Wildman–Crippen LogP) is 0.214. The Morgan fingerprint density at radius 3 is 1.62 bits per heavy atom. The molecular weight excluding hydrogens is 176 g/mol. The molecule has 0 rings (SSSR count). The number of hydrogen-bond acceptors (Lipinski definition) is 4. The summed E-state index contributed by atoms with van der Waals surface area (Å²) in [6.45, 7) is 1.24. The van der Waals surface area contributed by atoms with Crippen LogP contribution in [0.4, 0.5) is 0 Å². The van der Waals surface area contributed by atoms with E-state index in [1.165, 1.54) is 6.92 Å². The standard InChI is InChI=1S/C4H6O3.C4H6O2/c1-3(5)2-4(6)7;5-3-1-2-4-6/h2H2,1H3,(H,6,7);3-4H,1-2H2. The molecule has 5 heteroatoms. The maximum absolute atomic E-state index is 9.87. The monoisotopic (exact) mass is 188 g/mol. The fraction of sp³-hybridized carbons (Fsp3) is 0.500. The van der Waals surface area contributed by atoms with E-state index < -0.39 is 5.97 Å². The molecule has 0 amide bonds. The number of rotatable bonds is 5. The lowest BCUT2D eigenvalue weighted by atomic mass is 10.3. The van der Waals surface area contributed by atoms with E-state index in [0.29, 0.717) is 12.8 Å². The van der Waals surface area contributed by atoms with Gasteiger partial charge in [0.25, 0.3) is 0 Å². The van der Waals surface area contributed by atoms with Gasteiger partial charge in [0.2, 0.25) is 0 Å². The van der Waals surface area contributed by atoms with Gasteiger partial charge in [-0.05, 0) is 6.92 Å². The van der Waals surface area contributed by atoms with Crippen LogP contribution in [0.1, 0.15) is 26.2 Å². The number of hydrogen-bond donors (Lipinski definition) is 1. The first-order valence-electron chi connectivity index (χ1n) is 3.63. The lowest BCUT2D eigenvalue weighted by molar-refractivity contribution is -0.139. The SMILES string of the molecule is CC(=O)CC(=O)O.O=CCCC=O. The highest BCUT2D eigenvalue weighted by molar-refractivity contribution is 5.93. The zero-order valence-electron chi connectivity index (χ0n) is 7.36. The van der Waals surface area contributed by atoms with Crippen molar-refractivity contribution < 1.29 is 24.3 Å². The number of ketones is 1. The summed E-state index contributed by atoms with van der Waals surface area (Å²) in [5, 5.41) is 7.86. The summed E-state index contributed by atoms with van der Waals surface area (Å²) in [5.74, 6) is -1.37. The van der Waals surface area contributed by atoms with E-state index in [0.717, 1.165) is 12.6 Å². The van der Waals surface area contributed by atoms with Crippen molar-refractivity contribution >= 4 is 24.3 Å². The minimum atomic E-state index is -1.06. The third-order valence-electron chi connectivity index (χ3n) is 0.803. The third-order valence-corrected chi connectivity index (χ3v) is 0.803. The number of Topliss-reactive ketones (excluding diaryl/α,β-unsaturated/α-hetero) is 1. The van der Waals surface area contributed by atoms with Gasteiger partial charge in [0.15, 0.2) is 0 Å². The molecule has 1 N–H and O–H groups in total. The van der Waals surface area contributed by atoms with Crippen LogP contribution in [0.2, 0.25) is 0 Å². The van der Waals surface area contributed by atoms with Crippen molar-refractivity contribution in [3.63, 3.8) is 0 Å². The molecule has 0 aromatic heterocycles. The Morgan fingerprint density at radius 2 is 1.54 bits per heavy atom. The number of carbonyl (C=O) groups excluding carboxylic acids is 3. The summed E-state index contributed by atoms with van der Waals surface area (Å²) in [4.78, 5) is 38.3. The molecule has 0 aliphatic heterocycles. The lowest BCUT2D eigenvalue weighted by Gasteiger charge is -1.80. The Morgan fingerprint density at radius 1 is 1.15 bits per heavy atom. The van der Waals surface area contributed by atoms with Crippen molar-refractivity contribution in [1.29, 1.82) is 0 Å². The molecule has 0 aromatic carbocycles. The normalized spacial score (nSPS) is 7.77. The Kier molecular flexibility index (Phi) is 11.3. The molecule has 0 heterocycles. The summed E-state index contributed by atoms with van der Waals surface area (Å²) < 4.78 is 0. The summed E-state index contributed by atoms with van der Waals surface area (Å²) in [6.07, 6.45) is 1.83. The summed E-state index contributed by atoms with van der Waals surface area (Å²) in [5.41, 5.74) is 0. The van der Waals surface area contributed by atoms with Gasteiger partial charge in [-0.3, -0.25) is 9.59 Å². The van der Waals surface area contributed by atoms with Gasteiger partial charge in [-0.15, -0.1) is 0 Å². The Balaban J connectivity index is 0.